The minimum absolute atomic E-state index is 0.251. The molecule has 0 atom stereocenters. The molecule has 160 valence electrons. The van der Waals surface area contributed by atoms with Crippen LogP contribution in [0.25, 0.3) is 5.69 Å². The molecule has 4 aromatic rings. The van der Waals surface area contributed by atoms with E-state index in [4.69, 9.17) is 4.74 Å². The van der Waals surface area contributed by atoms with Crippen LogP contribution in [0.15, 0.2) is 96.1 Å². The molecule has 1 N–H and O–H groups in total. The van der Waals surface area contributed by atoms with Gasteiger partial charge in [0.25, 0.3) is 5.91 Å². The van der Waals surface area contributed by atoms with Gasteiger partial charge in [-0.15, -0.1) is 0 Å². The molecular formula is C27H25N3O2. The molecule has 0 saturated carbocycles. The van der Waals surface area contributed by atoms with E-state index >= 15 is 0 Å². The lowest BCUT2D eigenvalue weighted by Gasteiger charge is -2.09. The first kappa shape index (κ1) is 21.1. The smallest absolute Gasteiger partial charge is 0.273 e. The highest BCUT2D eigenvalue weighted by Crippen LogP contribution is 2.21. The predicted molar refractivity (Wildman–Crippen MR) is 128 cm³/mol. The van der Waals surface area contributed by atoms with Gasteiger partial charge in [-0.05, 0) is 49.7 Å². The molecule has 4 rings (SSSR count). The number of nitrogens with zero attached hydrogens (tertiary/aromatic N) is 2. The molecule has 0 bridgehead atoms. The molecular weight excluding hydrogens is 398 g/mol. The first-order chi connectivity index (χ1) is 15.6. The van der Waals surface area contributed by atoms with Crippen molar-refractivity contribution < 1.29 is 9.53 Å². The summed E-state index contributed by atoms with van der Waals surface area (Å²) < 4.78 is 8.01. The average Bonchev–Trinajstić information content (AvgIpc) is 3.13. The molecule has 5 heteroatoms. The maximum atomic E-state index is 12.8. The molecule has 1 aromatic heterocycles. The van der Waals surface area contributed by atoms with Gasteiger partial charge in [0, 0.05) is 22.6 Å². The second kappa shape index (κ2) is 9.79. The molecule has 1 amide bonds. The summed E-state index contributed by atoms with van der Waals surface area (Å²) >= 11 is 0. The summed E-state index contributed by atoms with van der Waals surface area (Å²) in [7, 11) is 0. The van der Waals surface area contributed by atoms with Crippen LogP contribution in [-0.2, 0) is 6.61 Å². The van der Waals surface area contributed by atoms with Crippen LogP contribution in [0.3, 0.4) is 0 Å². The highest BCUT2D eigenvalue weighted by atomic mass is 16.5. The third-order valence-corrected chi connectivity index (χ3v) is 5.22. The molecule has 0 spiro atoms. The van der Waals surface area contributed by atoms with Crippen molar-refractivity contribution in [1.29, 1.82) is 0 Å². The number of nitrogens with one attached hydrogen (secondary N) is 1. The van der Waals surface area contributed by atoms with E-state index in [0.29, 0.717) is 17.9 Å². The van der Waals surface area contributed by atoms with Gasteiger partial charge < -0.3 is 9.30 Å². The Hall–Kier alpha value is -4.12. The van der Waals surface area contributed by atoms with E-state index in [1.807, 2.05) is 105 Å². The SMILES string of the molecule is Cc1cc(C(=O)N/N=C/c2ccccc2OCc2ccccc2)c(C)n1-c1ccccc1. The van der Waals surface area contributed by atoms with Crippen LogP contribution in [0.2, 0.25) is 0 Å². The number of benzene rings is 3. The van der Waals surface area contributed by atoms with Crippen LogP contribution in [-0.4, -0.2) is 16.7 Å². The van der Waals surface area contributed by atoms with Crippen molar-refractivity contribution in [2.75, 3.05) is 0 Å². The zero-order valence-electron chi connectivity index (χ0n) is 18.2. The quantitative estimate of drug-likeness (QED) is 0.318. The van der Waals surface area contributed by atoms with E-state index in [0.717, 1.165) is 28.2 Å². The lowest BCUT2D eigenvalue weighted by molar-refractivity contribution is 0.0954. The lowest BCUT2D eigenvalue weighted by atomic mass is 10.2. The minimum Gasteiger partial charge on any atom is -0.488 e. The second-order valence-corrected chi connectivity index (χ2v) is 7.47. The summed E-state index contributed by atoms with van der Waals surface area (Å²) in [5.41, 5.74) is 7.99. The highest BCUT2D eigenvalue weighted by Gasteiger charge is 2.16. The summed E-state index contributed by atoms with van der Waals surface area (Å²) in [6.45, 7) is 4.38. The van der Waals surface area contributed by atoms with Crippen molar-refractivity contribution in [2.24, 2.45) is 5.10 Å². The summed E-state index contributed by atoms with van der Waals surface area (Å²) in [5, 5.41) is 4.17. The van der Waals surface area contributed by atoms with Crippen LogP contribution in [0.5, 0.6) is 5.75 Å². The van der Waals surface area contributed by atoms with Gasteiger partial charge in [0.05, 0.1) is 11.8 Å². The predicted octanol–water partition coefficient (Wildman–Crippen LogP) is 5.44. The Morgan fingerprint density at radius 2 is 1.59 bits per heavy atom. The number of hydrogen-bond acceptors (Lipinski definition) is 3. The van der Waals surface area contributed by atoms with Crippen molar-refractivity contribution in [3.05, 3.63) is 119 Å². The van der Waals surface area contributed by atoms with Gasteiger partial charge in [-0.25, -0.2) is 5.43 Å². The number of ether oxygens (including phenoxy) is 1. The molecule has 1 heterocycles. The first-order valence-corrected chi connectivity index (χ1v) is 10.5. The fourth-order valence-corrected chi connectivity index (χ4v) is 3.64. The number of para-hydroxylation sites is 2. The lowest BCUT2D eigenvalue weighted by Crippen LogP contribution is -2.18. The Morgan fingerprint density at radius 1 is 0.938 bits per heavy atom. The van der Waals surface area contributed by atoms with E-state index in [9.17, 15) is 4.79 Å². The fraction of sp³-hybridized carbons (Fsp3) is 0.111. The number of rotatable bonds is 7. The second-order valence-electron chi connectivity index (χ2n) is 7.47. The van der Waals surface area contributed by atoms with Gasteiger partial charge in [0.2, 0.25) is 0 Å². The third-order valence-electron chi connectivity index (χ3n) is 5.22. The van der Waals surface area contributed by atoms with Gasteiger partial charge in [-0.1, -0.05) is 60.7 Å². The van der Waals surface area contributed by atoms with Gasteiger partial charge in [0.15, 0.2) is 0 Å². The van der Waals surface area contributed by atoms with Gasteiger partial charge in [-0.3, -0.25) is 4.79 Å². The van der Waals surface area contributed by atoms with Gasteiger partial charge >= 0.3 is 0 Å². The molecule has 0 aliphatic rings. The molecule has 0 unspecified atom stereocenters. The molecule has 32 heavy (non-hydrogen) atoms. The Bertz CT molecular complexity index is 1230. The Kier molecular flexibility index (Phi) is 6.46. The van der Waals surface area contributed by atoms with Crippen LogP contribution in [0, 0.1) is 13.8 Å². The molecule has 3 aromatic carbocycles. The Morgan fingerprint density at radius 3 is 2.34 bits per heavy atom. The standard InChI is InChI=1S/C27H25N3O2/c1-20-17-25(21(2)30(20)24-14-7-4-8-15-24)27(31)29-28-18-23-13-9-10-16-26(23)32-19-22-11-5-3-6-12-22/h3-18H,19H2,1-2H3,(H,29,31)/b28-18+. The van der Waals surface area contributed by atoms with E-state index in [1.165, 1.54) is 0 Å². The Labute approximate surface area is 188 Å². The summed E-state index contributed by atoms with van der Waals surface area (Å²) in [4.78, 5) is 12.8. The normalized spacial score (nSPS) is 10.9. The third kappa shape index (κ3) is 4.78. The van der Waals surface area contributed by atoms with E-state index in [2.05, 4.69) is 15.1 Å². The number of amides is 1. The minimum atomic E-state index is -0.251. The topological polar surface area (TPSA) is 55.6 Å². The van der Waals surface area contributed by atoms with Gasteiger partial charge in [-0.2, -0.15) is 5.10 Å². The summed E-state index contributed by atoms with van der Waals surface area (Å²) in [6.07, 6.45) is 1.61. The number of carbonyl (C=O) groups is 1. The van der Waals surface area contributed by atoms with E-state index < -0.39 is 0 Å². The van der Waals surface area contributed by atoms with Gasteiger partial charge in [0.1, 0.15) is 12.4 Å². The van der Waals surface area contributed by atoms with E-state index in [-0.39, 0.29) is 5.91 Å². The number of hydrogen-bond donors (Lipinski definition) is 1. The Balaban J connectivity index is 1.46. The average molecular weight is 424 g/mol. The molecule has 5 nitrogen and oxygen atoms in total. The van der Waals surface area contributed by atoms with Crippen LogP contribution < -0.4 is 10.2 Å². The monoisotopic (exact) mass is 423 g/mol. The van der Waals surface area contributed by atoms with Crippen molar-refractivity contribution in [1.82, 2.24) is 9.99 Å². The fourth-order valence-electron chi connectivity index (χ4n) is 3.64. The van der Waals surface area contributed by atoms with Crippen molar-refractivity contribution in [3.8, 4) is 11.4 Å². The van der Waals surface area contributed by atoms with Crippen molar-refractivity contribution >= 4 is 12.1 Å². The molecule has 0 radical (unpaired) electrons. The maximum absolute atomic E-state index is 12.8. The zero-order valence-corrected chi connectivity index (χ0v) is 18.2. The molecule has 0 fully saturated rings. The van der Waals surface area contributed by atoms with Crippen LogP contribution in [0.4, 0.5) is 0 Å². The largest absolute Gasteiger partial charge is 0.488 e. The molecule has 0 aliphatic heterocycles. The van der Waals surface area contributed by atoms with Crippen molar-refractivity contribution in [3.63, 3.8) is 0 Å². The number of aromatic nitrogens is 1. The first-order valence-electron chi connectivity index (χ1n) is 10.5. The van der Waals surface area contributed by atoms with Crippen LogP contribution >= 0.6 is 0 Å². The molecule has 0 saturated heterocycles. The molecule has 0 aliphatic carbocycles. The number of carbonyl (C=O) groups excluding carboxylic acids is 1. The summed E-state index contributed by atoms with van der Waals surface area (Å²) in [6, 6.07) is 29.4. The number of aryl methyl sites for hydroxylation is 1. The van der Waals surface area contributed by atoms with Crippen molar-refractivity contribution in [2.45, 2.75) is 20.5 Å². The van der Waals surface area contributed by atoms with E-state index in [1.54, 1.807) is 6.21 Å². The number of hydrazone groups is 1. The summed E-state index contributed by atoms with van der Waals surface area (Å²) in [5.74, 6) is 0.454. The zero-order chi connectivity index (χ0) is 22.3. The van der Waals surface area contributed by atoms with Crippen LogP contribution in [0.1, 0.15) is 32.9 Å². The maximum Gasteiger partial charge on any atom is 0.273 e. The highest BCUT2D eigenvalue weighted by molar-refractivity contribution is 5.96.